The highest BCUT2D eigenvalue weighted by molar-refractivity contribution is 9.10. The van der Waals surface area contributed by atoms with Gasteiger partial charge in [0.05, 0.1) is 5.02 Å². The number of hydrogen-bond acceptors (Lipinski definition) is 1. The molecular formula is C10H5BrClNO. The van der Waals surface area contributed by atoms with Crippen LogP contribution in [0.2, 0.25) is 5.02 Å². The summed E-state index contributed by atoms with van der Waals surface area (Å²) < 4.78 is 0.812. The lowest BCUT2D eigenvalue weighted by Gasteiger charge is -1.98. The molecular weight excluding hydrogens is 265 g/mol. The maximum atomic E-state index is 10.3. The number of carbonyl (C=O) groups excluding carboxylic acids is 1. The number of fused-ring (bicyclic) bond motifs is 1. The summed E-state index contributed by atoms with van der Waals surface area (Å²) in [6, 6.07) is 3.75. The van der Waals surface area contributed by atoms with E-state index in [1.54, 1.807) is 12.1 Å². The first-order chi connectivity index (χ1) is 6.74. The molecule has 2 aromatic rings. The van der Waals surface area contributed by atoms with Crippen LogP contribution in [0.5, 0.6) is 0 Å². The van der Waals surface area contributed by atoms with Crippen molar-refractivity contribution in [2.75, 3.05) is 0 Å². The molecule has 0 aliphatic heterocycles. The van der Waals surface area contributed by atoms with Crippen LogP contribution in [0.25, 0.3) is 17.0 Å². The predicted molar refractivity (Wildman–Crippen MR) is 61.2 cm³/mol. The van der Waals surface area contributed by atoms with Gasteiger partial charge in [0.2, 0.25) is 0 Å². The van der Waals surface area contributed by atoms with E-state index in [9.17, 15) is 4.79 Å². The smallest absolute Gasteiger partial charge is 0.125 e. The van der Waals surface area contributed by atoms with Crippen molar-refractivity contribution in [1.29, 1.82) is 0 Å². The Bertz CT molecular complexity index is 540. The SMILES string of the molecule is O=C=Cc1c[nH]c2ccc(Br)c(Cl)c12. The summed E-state index contributed by atoms with van der Waals surface area (Å²) in [5, 5.41) is 1.44. The van der Waals surface area contributed by atoms with Crippen LogP contribution in [0.3, 0.4) is 0 Å². The largest absolute Gasteiger partial charge is 0.360 e. The van der Waals surface area contributed by atoms with Gasteiger partial charge in [-0.1, -0.05) is 11.6 Å². The molecule has 1 aromatic heterocycles. The molecule has 0 saturated carbocycles. The van der Waals surface area contributed by atoms with E-state index in [-0.39, 0.29) is 0 Å². The lowest BCUT2D eigenvalue weighted by molar-refractivity contribution is 0.570. The van der Waals surface area contributed by atoms with Gasteiger partial charge < -0.3 is 4.98 Å². The fraction of sp³-hybridized carbons (Fsp3) is 0. The Morgan fingerprint density at radius 3 is 3.00 bits per heavy atom. The molecule has 0 spiro atoms. The van der Waals surface area contributed by atoms with Gasteiger partial charge in [0.1, 0.15) is 5.94 Å². The number of aromatic amines is 1. The second-order valence-electron chi connectivity index (χ2n) is 2.79. The zero-order chi connectivity index (χ0) is 10.1. The molecule has 0 aliphatic rings. The number of H-pyrrole nitrogens is 1. The van der Waals surface area contributed by atoms with Gasteiger partial charge in [0.25, 0.3) is 0 Å². The first-order valence-corrected chi connectivity index (χ1v) is 5.07. The Kier molecular flexibility index (Phi) is 2.46. The number of rotatable bonds is 1. The van der Waals surface area contributed by atoms with Crippen molar-refractivity contribution in [2.45, 2.75) is 0 Å². The van der Waals surface area contributed by atoms with Gasteiger partial charge in [-0.25, -0.2) is 4.79 Å². The predicted octanol–water partition coefficient (Wildman–Crippen LogP) is 3.43. The van der Waals surface area contributed by atoms with Crippen molar-refractivity contribution in [3.8, 4) is 0 Å². The van der Waals surface area contributed by atoms with Gasteiger partial charge in [0, 0.05) is 33.2 Å². The highest BCUT2D eigenvalue weighted by Gasteiger charge is 2.08. The van der Waals surface area contributed by atoms with Gasteiger partial charge in [-0.2, -0.15) is 0 Å². The van der Waals surface area contributed by atoms with Crippen molar-refractivity contribution in [3.05, 3.63) is 33.4 Å². The van der Waals surface area contributed by atoms with Gasteiger partial charge in [0.15, 0.2) is 0 Å². The van der Waals surface area contributed by atoms with E-state index < -0.39 is 0 Å². The first kappa shape index (κ1) is 9.53. The zero-order valence-electron chi connectivity index (χ0n) is 6.97. The molecule has 0 bridgehead atoms. The zero-order valence-corrected chi connectivity index (χ0v) is 9.32. The third-order valence-corrected chi connectivity index (χ3v) is 3.26. The molecule has 0 amide bonds. The average Bonchev–Trinajstić information content (AvgIpc) is 2.57. The lowest BCUT2D eigenvalue weighted by Crippen LogP contribution is -1.74. The minimum Gasteiger partial charge on any atom is -0.360 e. The van der Waals surface area contributed by atoms with Gasteiger partial charge in [-0.15, -0.1) is 0 Å². The second kappa shape index (κ2) is 3.62. The summed E-state index contributed by atoms with van der Waals surface area (Å²) in [4.78, 5) is 13.3. The fourth-order valence-corrected chi connectivity index (χ4v) is 1.96. The number of aromatic nitrogens is 1. The van der Waals surface area contributed by atoms with Crippen LogP contribution < -0.4 is 0 Å². The second-order valence-corrected chi connectivity index (χ2v) is 4.02. The average molecular weight is 271 g/mol. The molecule has 70 valence electrons. The monoisotopic (exact) mass is 269 g/mol. The summed E-state index contributed by atoms with van der Waals surface area (Å²) >= 11 is 9.42. The van der Waals surface area contributed by atoms with Gasteiger partial charge in [-0.3, -0.25) is 0 Å². The van der Waals surface area contributed by atoms with Crippen LogP contribution in [0, 0.1) is 0 Å². The van der Waals surface area contributed by atoms with Crippen LogP contribution >= 0.6 is 27.5 Å². The van der Waals surface area contributed by atoms with E-state index in [0.717, 1.165) is 20.9 Å². The molecule has 0 aliphatic carbocycles. The Hall–Kier alpha value is -1.02. The van der Waals surface area contributed by atoms with Crippen molar-refractivity contribution in [2.24, 2.45) is 0 Å². The van der Waals surface area contributed by atoms with Crippen LogP contribution in [0.1, 0.15) is 5.56 Å². The van der Waals surface area contributed by atoms with E-state index >= 15 is 0 Å². The van der Waals surface area contributed by atoms with Crippen LogP contribution in [-0.2, 0) is 4.79 Å². The highest BCUT2D eigenvalue weighted by atomic mass is 79.9. The van der Waals surface area contributed by atoms with Gasteiger partial charge >= 0.3 is 0 Å². The Morgan fingerprint density at radius 1 is 1.50 bits per heavy atom. The first-order valence-electron chi connectivity index (χ1n) is 3.90. The van der Waals surface area contributed by atoms with Crippen LogP contribution in [0.15, 0.2) is 22.8 Å². The molecule has 0 unspecified atom stereocenters. The molecule has 0 radical (unpaired) electrons. The fourth-order valence-electron chi connectivity index (χ4n) is 1.36. The third-order valence-electron chi connectivity index (χ3n) is 1.98. The summed E-state index contributed by atoms with van der Waals surface area (Å²) in [6.45, 7) is 0. The Balaban J connectivity index is 2.88. The molecule has 1 aromatic carbocycles. The molecule has 1 N–H and O–H groups in total. The minimum absolute atomic E-state index is 0.602. The summed E-state index contributed by atoms with van der Waals surface area (Å²) in [5.74, 6) is 1.74. The maximum Gasteiger partial charge on any atom is 0.125 e. The van der Waals surface area contributed by atoms with Crippen molar-refractivity contribution in [1.82, 2.24) is 4.98 Å². The molecule has 4 heteroatoms. The molecule has 2 nitrogen and oxygen atoms in total. The summed E-state index contributed by atoms with van der Waals surface area (Å²) in [5.41, 5.74) is 1.65. The van der Waals surface area contributed by atoms with Crippen molar-refractivity contribution >= 4 is 50.5 Å². The number of hydrogen-bond donors (Lipinski definition) is 1. The van der Waals surface area contributed by atoms with Gasteiger partial charge in [-0.05, 0) is 28.1 Å². The number of halogens is 2. The van der Waals surface area contributed by atoms with E-state index in [1.165, 1.54) is 6.08 Å². The standard InChI is InChI=1S/C10H5BrClNO/c11-7-1-2-8-9(10(7)12)6(3-4-14)5-13-8/h1-3,5,13H. The van der Waals surface area contributed by atoms with Crippen LogP contribution in [0.4, 0.5) is 0 Å². The number of nitrogens with one attached hydrogen (secondary N) is 1. The summed E-state index contributed by atoms with van der Waals surface area (Å²) in [6.07, 6.45) is 3.09. The minimum atomic E-state index is 0.602. The van der Waals surface area contributed by atoms with Crippen molar-refractivity contribution < 1.29 is 4.79 Å². The Morgan fingerprint density at radius 2 is 2.29 bits per heavy atom. The molecule has 0 atom stereocenters. The molecule has 0 fully saturated rings. The maximum absolute atomic E-state index is 10.3. The Labute approximate surface area is 93.7 Å². The van der Waals surface area contributed by atoms with E-state index in [1.807, 2.05) is 12.1 Å². The highest BCUT2D eigenvalue weighted by Crippen LogP contribution is 2.33. The topological polar surface area (TPSA) is 32.9 Å². The molecule has 2 rings (SSSR count). The molecule has 14 heavy (non-hydrogen) atoms. The number of benzene rings is 1. The normalized spacial score (nSPS) is 10.1. The van der Waals surface area contributed by atoms with E-state index in [2.05, 4.69) is 20.9 Å². The van der Waals surface area contributed by atoms with Crippen molar-refractivity contribution in [3.63, 3.8) is 0 Å². The quantitative estimate of drug-likeness (QED) is 0.791. The van der Waals surface area contributed by atoms with E-state index in [4.69, 9.17) is 11.6 Å². The van der Waals surface area contributed by atoms with E-state index in [0.29, 0.717) is 5.02 Å². The third kappa shape index (κ3) is 1.40. The molecule has 1 heterocycles. The van der Waals surface area contributed by atoms with Crippen LogP contribution in [-0.4, -0.2) is 10.9 Å². The summed E-state index contributed by atoms with van der Waals surface area (Å²) in [7, 11) is 0. The lowest BCUT2D eigenvalue weighted by atomic mass is 10.2. The molecule has 0 saturated heterocycles.